The summed E-state index contributed by atoms with van der Waals surface area (Å²) < 4.78 is 15.4. The lowest BCUT2D eigenvalue weighted by atomic mass is 10.1. The van der Waals surface area contributed by atoms with Crippen LogP contribution < -0.4 is 5.73 Å². The number of aryl methyl sites for hydroxylation is 1. The number of benzene rings is 1. The Morgan fingerprint density at radius 2 is 2.22 bits per heavy atom. The van der Waals surface area contributed by atoms with E-state index in [4.69, 9.17) is 5.73 Å². The monoisotopic (exact) mass is 243 g/mol. The van der Waals surface area contributed by atoms with Gasteiger partial charge in [0.25, 0.3) is 0 Å². The van der Waals surface area contributed by atoms with Crippen LogP contribution in [0.4, 0.5) is 4.39 Å². The van der Waals surface area contributed by atoms with Crippen molar-refractivity contribution in [1.29, 1.82) is 0 Å². The molecule has 1 heterocycles. The fraction of sp³-hybridized carbons (Fsp3) is 0.214. The van der Waals surface area contributed by atoms with Crippen molar-refractivity contribution < 1.29 is 4.39 Å². The van der Waals surface area contributed by atoms with Gasteiger partial charge >= 0.3 is 0 Å². The Hall–Kier alpha value is -2.12. The number of hydrogen-bond acceptors (Lipinski definition) is 2. The number of halogens is 1. The highest BCUT2D eigenvalue weighted by Gasteiger charge is 2.02. The maximum absolute atomic E-state index is 13.5. The zero-order valence-corrected chi connectivity index (χ0v) is 10.2. The average Bonchev–Trinajstić information content (AvgIpc) is 2.72. The van der Waals surface area contributed by atoms with Crippen LogP contribution in [0.5, 0.6) is 0 Å². The van der Waals surface area contributed by atoms with E-state index >= 15 is 0 Å². The van der Waals surface area contributed by atoms with E-state index in [0.717, 1.165) is 11.4 Å². The summed E-state index contributed by atoms with van der Waals surface area (Å²) in [6.45, 7) is 2.77. The van der Waals surface area contributed by atoms with Crippen molar-refractivity contribution in [2.75, 3.05) is 6.54 Å². The van der Waals surface area contributed by atoms with Crippen molar-refractivity contribution in [3.05, 3.63) is 53.4 Å². The summed E-state index contributed by atoms with van der Waals surface area (Å²) in [7, 11) is 0. The first-order chi connectivity index (χ1) is 8.69. The Morgan fingerprint density at radius 3 is 2.89 bits per heavy atom. The Labute approximate surface area is 105 Å². The summed E-state index contributed by atoms with van der Waals surface area (Å²) in [4.78, 5) is 4.13. The minimum atomic E-state index is -0.286. The highest BCUT2D eigenvalue weighted by atomic mass is 19.1. The van der Waals surface area contributed by atoms with Crippen molar-refractivity contribution >= 4 is 0 Å². The molecule has 1 aromatic carbocycles. The van der Waals surface area contributed by atoms with Crippen molar-refractivity contribution in [3.63, 3.8) is 0 Å². The lowest BCUT2D eigenvalue weighted by molar-refractivity contribution is 0.622. The molecule has 0 amide bonds. The molecule has 0 fully saturated rings. The molecule has 0 unspecified atom stereocenters. The summed E-state index contributed by atoms with van der Waals surface area (Å²) in [5, 5.41) is 0. The normalized spacial score (nSPS) is 9.94. The zero-order valence-electron chi connectivity index (χ0n) is 10.2. The van der Waals surface area contributed by atoms with Crippen molar-refractivity contribution in [3.8, 4) is 11.8 Å². The molecule has 1 aromatic heterocycles. The second-order valence-corrected chi connectivity index (χ2v) is 3.96. The van der Waals surface area contributed by atoms with Gasteiger partial charge in [-0.15, -0.1) is 0 Å². The smallest absolute Gasteiger partial charge is 0.124 e. The first-order valence-corrected chi connectivity index (χ1v) is 5.65. The summed E-state index contributed by atoms with van der Waals surface area (Å²) in [6, 6.07) is 4.78. The third-order valence-electron chi connectivity index (χ3n) is 2.57. The van der Waals surface area contributed by atoms with Crippen LogP contribution in [0.25, 0.3) is 0 Å². The van der Waals surface area contributed by atoms with Gasteiger partial charge in [-0.2, -0.15) is 0 Å². The van der Waals surface area contributed by atoms with E-state index in [1.807, 2.05) is 23.8 Å². The Morgan fingerprint density at radius 1 is 1.39 bits per heavy atom. The van der Waals surface area contributed by atoms with E-state index in [2.05, 4.69) is 16.8 Å². The van der Waals surface area contributed by atoms with Crippen LogP contribution in [0, 0.1) is 24.6 Å². The molecule has 2 N–H and O–H groups in total. The highest BCUT2D eigenvalue weighted by molar-refractivity contribution is 5.38. The molecule has 0 bridgehead atoms. The molecule has 0 spiro atoms. The second-order valence-electron chi connectivity index (χ2n) is 3.96. The van der Waals surface area contributed by atoms with Crippen LogP contribution >= 0.6 is 0 Å². The lowest BCUT2D eigenvalue weighted by Gasteiger charge is -2.06. The Kier molecular flexibility index (Phi) is 3.75. The quantitative estimate of drug-likeness (QED) is 0.816. The van der Waals surface area contributed by atoms with Gasteiger partial charge in [0.05, 0.1) is 6.54 Å². The van der Waals surface area contributed by atoms with Crippen LogP contribution in [0.15, 0.2) is 30.6 Å². The van der Waals surface area contributed by atoms with E-state index in [1.165, 1.54) is 12.1 Å². The topological polar surface area (TPSA) is 43.8 Å². The summed E-state index contributed by atoms with van der Waals surface area (Å²) >= 11 is 0. The van der Waals surface area contributed by atoms with E-state index in [9.17, 15) is 4.39 Å². The number of aromatic nitrogens is 2. The van der Waals surface area contributed by atoms with Crippen molar-refractivity contribution in [1.82, 2.24) is 9.55 Å². The summed E-state index contributed by atoms with van der Waals surface area (Å²) in [5.41, 5.74) is 6.81. The number of nitrogens with two attached hydrogens (primary N) is 1. The standard InChI is InChI=1S/C14H14FN3/c1-11-17-5-6-18(11)10-13-7-12(3-2-4-16)8-14(15)9-13/h5-9H,4,10,16H2,1H3. The molecule has 0 atom stereocenters. The van der Waals surface area contributed by atoms with Crippen molar-refractivity contribution in [2.45, 2.75) is 13.5 Å². The number of hydrogen-bond donors (Lipinski definition) is 1. The van der Waals surface area contributed by atoms with Gasteiger partial charge in [0.2, 0.25) is 0 Å². The third kappa shape index (κ3) is 2.96. The minimum absolute atomic E-state index is 0.270. The van der Waals surface area contributed by atoms with Gasteiger partial charge < -0.3 is 10.3 Å². The average molecular weight is 243 g/mol. The molecule has 0 saturated heterocycles. The van der Waals surface area contributed by atoms with Gasteiger partial charge in [-0.1, -0.05) is 11.8 Å². The molecule has 2 rings (SSSR count). The molecule has 2 aromatic rings. The maximum atomic E-state index is 13.5. The molecule has 92 valence electrons. The first kappa shape index (κ1) is 12.3. The maximum Gasteiger partial charge on any atom is 0.124 e. The molecule has 0 aliphatic carbocycles. The molecule has 4 heteroatoms. The van der Waals surface area contributed by atoms with Crippen LogP contribution in [-0.4, -0.2) is 16.1 Å². The van der Waals surface area contributed by atoms with E-state index < -0.39 is 0 Å². The number of rotatable bonds is 2. The van der Waals surface area contributed by atoms with Gasteiger partial charge in [-0.25, -0.2) is 9.37 Å². The van der Waals surface area contributed by atoms with Crippen LogP contribution in [0.2, 0.25) is 0 Å². The number of imidazole rings is 1. The fourth-order valence-corrected chi connectivity index (χ4v) is 1.73. The van der Waals surface area contributed by atoms with Gasteiger partial charge in [-0.05, 0) is 30.7 Å². The van der Waals surface area contributed by atoms with Gasteiger partial charge in [0.15, 0.2) is 0 Å². The molecule has 0 saturated carbocycles. The van der Waals surface area contributed by atoms with Crippen LogP contribution in [-0.2, 0) is 6.54 Å². The lowest BCUT2D eigenvalue weighted by Crippen LogP contribution is -2.01. The molecular formula is C14H14FN3. The Bertz CT molecular complexity index is 605. The fourth-order valence-electron chi connectivity index (χ4n) is 1.73. The largest absolute Gasteiger partial charge is 0.331 e. The van der Waals surface area contributed by atoms with Crippen LogP contribution in [0.1, 0.15) is 17.0 Å². The molecule has 18 heavy (non-hydrogen) atoms. The highest BCUT2D eigenvalue weighted by Crippen LogP contribution is 2.11. The zero-order chi connectivity index (χ0) is 13.0. The number of nitrogens with zero attached hydrogens (tertiary/aromatic N) is 2. The Balaban J connectivity index is 2.28. The molecule has 3 nitrogen and oxygen atoms in total. The van der Waals surface area contributed by atoms with E-state index in [1.54, 1.807) is 6.20 Å². The first-order valence-electron chi connectivity index (χ1n) is 5.65. The van der Waals surface area contributed by atoms with Gasteiger partial charge in [-0.3, -0.25) is 0 Å². The minimum Gasteiger partial charge on any atom is -0.331 e. The predicted octanol–water partition coefficient (Wildman–Crippen LogP) is 1.69. The molecular weight excluding hydrogens is 229 g/mol. The summed E-state index contributed by atoms with van der Waals surface area (Å²) in [5.74, 6) is 6.17. The van der Waals surface area contributed by atoms with Crippen molar-refractivity contribution in [2.24, 2.45) is 5.73 Å². The SMILES string of the molecule is Cc1nccn1Cc1cc(F)cc(C#CCN)c1. The molecule has 0 aliphatic heterocycles. The molecule has 0 aliphatic rings. The van der Waals surface area contributed by atoms with E-state index in [-0.39, 0.29) is 12.4 Å². The summed E-state index contributed by atoms with van der Waals surface area (Å²) in [6.07, 6.45) is 3.59. The van der Waals surface area contributed by atoms with E-state index in [0.29, 0.717) is 12.1 Å². The predicted molar refractivity (Wildman–Crippen MR) is 68.4 cm³/mol. The third-order valence-corrected chi connectivity index (χ3v) is 2.57. The molecule has 0 radical (unpaired) electrons. The second kappa shape index (κ2) is 5.48. The van der Waals surface area contributed by atoms with Gasteiger partial charge in [0.1, 0.15) is 11.6 Å². The van der Waals surface area contributed by atoms with Gasteiger partial charge in [0, 0.05) is 24.5 Å². The van der Waals surface area contributed by atoms with Crippen LogP contribution in [0.3, 0.4) is 0 Å².